The van der Waals surface area contributed by atoms with E-state index >= 15 is 0 Å². The predicted molar refractivity (Wildman–Crippen MR) is 110 cm³/mol. The Bertz CT molecular complexity index is 907. The molecule has 2 aromatic heterocycles. The molecule has 1 aliphatic heterocycles. The van der Waals surface area contributed by atoms with Gasteiger partial charge in [0.15, 0.2) is 5.16 Å². The Morgan fingerprint density at radius 1 is 1.33 bits per heavy atom. The van der Waals surface area contributed by atoms with Gasteiger partial charge in [0.25, 0.3) is 0 Å². The zero-order valence-corrected chi connectivity index (χ0v) is 17.0. The molecule has 1 unspecified atom stereocenters. The van der Waals surface area contributed by atoms with Crippen molar-refractivity contribution in [3.05, 3.63) is 46.7 Å². The maximum atomic E-state index is 12.9. The Morgan fingerprint density at radius 3 is 3.04 bits per heavy atom. The zero-order chi connectivity index (χ0) is 18.6. The summed E-state index contributed by atoms with van der Waals surface area (Å²) >= 11 is 3.27. The van der Waals surface area contributed by atoms with Gasteiger partial charge in [0, 0.05) is 25.1 Å². The summed E-state index contributed by atoms with van der Waals surface area (Å²) in [5, 5.41) is 2.97. The summed E-state index contributed by atoms with van der Waals surface area (Å²) in [6, 6.07) is 12.5. The van der Waals surface area contributed by atoms with Crippen molar-refractivity contribution in [2.24, 2.45) is 0 Å². The van der Waals surface area contributed by atoms with Crippen LogP contribution in [0.4, 0.5) is 0 Å². The van der Waals surface area contributed by atoms with Gasteiger partial charge in [-0.3, -0.25) is 4.79 Å². The molecule has 0 spiro atoms. The summed E-state index contributed by atoms with van der Waals surface area (Å²) in [4.78, 5) is 21.0. The minimum absolute atomic E-state index is 0.196. The van der Waals surface area contributed by atoms with Crippen LogP contribution in [0.3, 0.4) is 0 Å². The van der Waals surface area contributed by atoms with Gasteiger partial charge in [0.05, 0.1) is 29.4 Å². The molecule has 3 heterocycles. The van der Waals surface area contributed by atoms with Gasteiger partial charge < -0.3 is 14.2 Å². The highest BCUT2D eigenvalue weighted by atomic mass is 32.2. The number of methoxy groups -OCH3 is 1. The fourth-order valence-corrected chi connectivity index (χ4v) is 5.41. The first-order chi connectivity index (χ1) is 13.3. The van der Waals surface area contributed by atoms with Gasteiger partial charge >= 0.3 is 0 Å². The van der Waals surface area contributed by atoms with Crippen molar-refractivity contribution in [2.45, 2.75) is 30.6 Å². The van der Waals surface area contributed by atoms with E-state index in [2.05, 4.69) is 28.1 Å². The SMILES string of the molecule is COCCn1c(SCC(=O)N2CCCC2c2cccs2)nc2ccccc21. The number of rotatable bonds is 7. The first-order valence-corrected chi connectivity index (χ1v) is 11.0. The number of nitrogens with zero attached hydrogens (tertiary/aromatic N) is 3. The van der Waals surface area contributed by atoms with E-state index in [0.717, 1.165) is 42.1 Å². The van der Waals surface area contributed by atoms with Gasteiger partial charge in [-0.15, -0.1) is 11.3 Å². The average Bonchev–Trinajstić information content (AvgIpc) is 3.43. The fraction of sp³-hybridized carbons (Fsp3) is 0.400. The standard InChI is InChI=1S/C20H23N3O2S2/c1-25-12-11-23-16-7-3-2-6-15(16)21-20(23)27-14-19(24)22-10-4-8-17(22)18-9-5-13-26-18/h2-3,5-7,9,13,17H,4,8,10-12,14H2,1H3. The van der Waals surface area contributed by atoms with E-state index in [-0.39, 0.29) is 11.9 Å². The van der Waals surface area contributed by atoms with Crippen LogP contribution in [0.5, 0.6) is 0 Å². The Balaban J connectivity index is 1.49. The van der Waals surface area contributed by atoms with Crippen molar-refractivity contribution in [3.63, 3.8) is 0 Å². The van der Waals surface area contributed by atoms with Crippen LogP contribution in [0.15, 0.2) is 46.9 Å². The second kappa shape index (κ2) is 8.46. The normalized spacial score (nSPS) is 17.1. The van der Waals surface area contributed by atoms with Crippen LogP contribution in [0.1, 0.15) is 23.8 Å². The van der Waals surface area contributed by atoms with Crippen molar-refractivity contribution in [1.82, 2.24) is 14.5 Å². The molecule has 1 aliphatic rings. The van der Waals surface area contributed by atoms with Crippen molar-refractivity contribution in [3.8, 4) is 0 Å². The highest BCUT2D eigenvalue weighted by Crippen LogP contribution is 2.35. The second-order valence-electron chi connectivity index (χ2n) is 6.58. The molecule has 0 saturated carbocycles. The molecule has 1 atom stereocenters. The van der Waals surface area contributed by atoms with Crippen LogP contribution >= 0.6 is 23.1 Å². The fourth-order valence-electron chi connectivity index (χ4n) is 3.61. The van der Waals surface area contributed by atoms with Gasteiger partial charge in [-0.05, 0) is 36.4 Å². The summed E-state index contributed by atoms with van der Waals surface area (Å²) < 4.78 is 7.40. The van der Waals surface area contributed by atoms with Crippen molar-refractivity contribution < 1.29 is 9.53 Å². The smallest absolute Gasteiger partial charge is 0.233 e. The summed E-state index contributed by atoms with van der Waals surface area (Å²) in [6.45, 7) is 2.20. The Labute approximate surface area is 167 Å². The third-order valence-corrected chi connectivity index (χ3v) is 6.84. The topological polar surface area (TPSA) is 47.4 Å². The molecule has 5 nitrogen and oxygen atoms in total. The molecule has 3 aromatic rings. The van der Waals surface area contributed by atoms with E-state index in [0.29, 0.717) is 12.4 Å². The first kappa shape index (κ1) is 18.5. The number of para-hydroxylation sites is 2. The number of fused-ring (bicyclic) bond motifs is 1. The Hall–Kier alpha value is -1.83. The summed E-state index contributed by atoms with van der Waals surface area (Å²) in [6.07, 6.45) is 2.13. The van der Waals surface area contributed by atoms with Crippen molar-refractivity contribution in [1.29, 1.82) is 0 Å². The molecule has 142 valence electrons. The summed E-state index contributed by atoms with van der Waals surface area (Å²) in [5.74, 6) is 0.610. The molecule has 0 N–H and O–H groups in total. The number of imidazole rings is 1. The van der Waals surface area contributed by atoms with Crippen LogP contribution in [0.2, 0.25) is 0 Å². The largest absolute Gasteiger partial charge is 0.383 e. The van der Waals surface area contributed by atoms with Crippen LogP contribution in [-0.4, -0.2) is 46.4 Å². The van der Waals surface area contributed by atoms with Gasteiger partial charge in [0.2, 0.25) is 5.91 Å². The first-order valence-electron chi connectivity index (χ1n) is 9.18. The van der Waals surface area contributed by atoms with Crippen LogP contribution in [0.25, 0.3) is 11.0 Å². The molecular formula is C20H23N3O2S2. The van der Waals surface area contributed by atoms with E-state index in [1.165, 1.54) is 16.6 Å². The lowest BCUT2D eigenvalue weighted by Gasteiger charge is -2.23. The predicted octanol–water partition coefficient (Wildman–Crippen LogP) is 4.20. The number of thioether (sulfide) groups is 1. The molecule has 27 heavy (non-hydrogen) atoms. The number of hydrogen-bond acceptors (Lipinski definition) is 5. The Morgan fingerprint density at radius 2 is 2.22 bits per heavy atom. The molecule has 1 aromatic carbocycles. The number of carbonyl (C=O) groups excluding carboxylic acids is 1. The second-order valence-corrected chi connectivity index (χ2v) is 8.50. The van der Waals surface area contributed by atoms with Crippen LogP contribution in [0, 0.1) is 0 Å². The quantitative estimate of drug-likeness (QED) is 0.557. The van der Waals surface area contributed by atoms with E-state index in [4.69, 9.17) is 9.72 Å². The van der Waals surface area contributed by atoms with Gasteiger partial charge in [-0.2, -0.15) is 0 Å². The van der Waals surface area contributed by atoms with E-state index in [9.17, 15) is 4.79 Å². The molecule has 0 radical (unpaired) electrons. The third-order valence-electron chi connectivity index (χ3n) is 4.91. The maximum Gasteiger partial charge on any atom is 0.233 e. The molecule has 1 fully saturated rings. The molecule has 0 bridgehead atoms. The molecule has 1 amide bonds. The molecular weight excluding hydrogens is 378 g/mol. The lowest BCUT2D eigenvalue weighted by molar-refractivity contribution is -0.129. The highest BCUT2D eigenvalue weighted by molar-refractivity contribution is 7.99. The summed E-state index contributed by atoms with van der Waals surface area (Å²) in [7, 11) is 1.70. The minimum Gasteiger partial charge on any atom is -0.383 e. The van der Waals surface area contributed by atoms with E-state index < -0.39 is 0 Å². The average molecular weight is 402 g/mol. The maximum absolute atomic E-state index is 12.9. The minimum atomic E-state index is 0.196. The number of hydrogen-bond donors (Lipinski definition) is 0. The molecule has 4 rings (SSSR count). The van der Waals surface area contributed by atoms with Crippen molar-refractivity contribution in [2.75, 3.05) is 26.0 Å². The third kappa shape index (κ3) is 3.90. The monoisotopic (exact) mass is 401 g/mol. The van der Waals surface area contributed by atoms with Crippen molar-refractivity contribution >= 4 is 40.0 Å². The number of aromatic nitrogens is 2. The lowest BCUT2D eigenvalue weighted by Crippen LogP contribution is -2.31. The zero-order valence-electron chi connectivity index (χ0n) is 15.3. The molecule has 7 heteroatoms. The number of thiophene rings is 1. The molecule has 1 saturated heterocycles. The molecule has 0 aliphatic carbocycles. The van der Waals surface area contributed by atoms with Crippen LogP contribution < -0.4 is 0 Å². The number of benzene rings is 1. The van der Waals surface area contributed by atoms with Gasteiger partial charge in [-0.1, -0.05) is 30.0 Å². The number of likely N-dealkylation sites (tertiary alicyclic amines) is 1. The summed E-state index contributed by atoms with van der Waals surface area (Å²) in [5.41, 5.74) is 2.04. The highest BCUT2D eigenvalue weighted by Gasteiger charge is 2.30. The Kier molecular flexibility index (Phi) is 5.80. The number of carbonyl (C=O) groups is 1. The van der Waals surface area contributed by atoms with E-state index in [1.54, 1.807) is 18.4 Å². The number of amides is 1. The van der Waals surface area contributed by atoms with Crippen LogP contribution in [-0.2, 0) is 16.1 Å². The van der Waals surface area contributed by atoms with E-state index in [1.807, 2.05) is 23.1 Å². The van der Waals surface area contributed by atoms with Gasteiger partial charge in [-0.25, -0.2) is 4.98 Å². The number of ether oxygens (including phenoxy) is 1. The van der Waals surface area contributed by atoms with Gasteiger partial charge in [0.1, 0.15) is 0 Å². The lowest BCUT2D eigenvalue weighted by atomic mass is 10.2.